The normalized spacial score (nSPS) is 16.4. The smallest absolute Gasteiger partial charge is 0.245 e. The van der Waals surface area contributed by atoms with Crippen molar-refractivity contribution in [2.75, 3.05) is 5.73 Å². The molecule has 0 aliphatic heterocycles. The molecule has 0 bridgehead atoms. The second-order valence-corrected chi connectivity index (χ2v) is 3.20. The van der Waals surface area contributed by atoms with Crippen LogP contribution in [0.5, 0.6) is 0 Å². The van der Waals surface area contributed by atoms with E-state index in [1.165, 1.54) is 24.4 Å². The lowest BCUT2D eigenvalue weighted by molar-refractivity contribution is 0.0923. The molecule has 4 heteroatoms. The van der Waals surface area contributed by atoms with Crippen LogP contribution in [0.3, 0.4) is 0 Å². The lowest BCUT2D eigenvalue weighted by atomic mass is 10.3. The van der Waals surface area contributed by atoms with Gasteiger partial charge in [-0.15, -0.1) is 0 Å². The molecule has 0 unspecified atom stereocenters. The van der Waals surface area contributed by atoms with Crippen LogP contribution in [0.25, 0.3) is 0 Å². The largest absolute Gasteiger partial charge is 0.383 e. The van der Waals surface area contributed by atoms with Gasteiger partial charge in [-0.05, 0) is 12.8 Å². The molecule has 2 rings (SSSR count). The number of aromatic nitrogens is 2. The first-order chi connectivity index (χ1) is 5.68. The Hall–Kier alpha value is -1.32. The molecule has 1 aliphatic rings. The van der Waals surface area contributed by atoms with Gasteiger partial charge in [0.25, 0.3) is 0 Å². The standard InChI is InChI=1S/C8H11N3O/c1-5(12)11-8(9)4-7(10-11)6-2-3-6/h4,6H,2-3,9H2,1H3. The Morgan fingerprint density at radius 1 is 1.75 bits per heavy atom. The first-order valence-electron chi connectivity index (χ1n) is 4.05. The van der Waals surface area contributed by atoms with Gasteiger partial charge < -0.3 is 5.73 Å². The van der Waals surface area contributed by atoms with E-state index in [0.717, 1.165) is 5.69 Å². The second-order valence-electron chi connectivity index (χ2n) is 3.20. The van der Waals surface area contributed by atoms with Gasteiger partial charge in [-0.3, -0.25) is 4.79 Å². The summed E-state index contributed by atoms with van der Waals surface area (Å²) in [5.41, 5.74) is 6.55. The molecule has 1 saturated carbocycles. The van der Waals surface area contributed by atoms with Crippen LogP contribution in [0.2, 0.25) is 0 Å². The van der Waals surface area contributed by atoms with Crippen LogP contribution in [0.1, 0.15) is 36.2 Å². The Morgan fingerprint density at radius 3 is 2.83 bits per heavy atom. The number of hydrogen-bond donors (Lipinski definition) is 1. The maximum Gasteiger partial charge on any atom is 0.245 e. The van der Waals surface area contributed by atoms with E-state index in [9.17, 15) is 4.79 Å². The van der Waals surface area contributed by atoms with Gasteiger partial charge in [0.05, 0.1) is 5.69 Å². The number of rotatable bonds is 1. The molecular weight excluding hydrogens is 154 g/mol. The number of nitrogens with two attached hydrogens (primary N) is 1. The molecule has 1 aromatic heterocycles. The van der Waals surface area contributed by atoms with Crippen LogP contribution < -0.4 is 5.73 Å². The van der Waals surface area contributed by atoms with Crippen molar-refractivity contribution in [3.63, 3.8) is 0 Å². The topological polar surface area (TPSA) is 60.9 Å². The Morgan fingerprint density at radius 2 is 2.42 bits per heavy atom. The molecule has 4 nitrogen and oxygen atoms in total. The van der Waals surface area contributed by atoms with Crippen LogP contribution in [0.4, 0.5) is 5.82 Å². The molecule has 0 aromatic carbocycles. The fourth-order valence-corrected chi connectivity index (χ4v) is 1.25. The van der Waals surface area contributed by atoms with Crippen molar-refractivity contribution in [1.29, 1.82) is 0 Å². The van der Waals surface area contributed by atoms with Crippen LogP contribution in [-0.2, 0) is 0 Å². The number of carbonyl (C=O) groups excluding carboxylic acids is 1. The summed E-state index contributed by atoms with van der Waals surface area (Å²) in [6, 6.07) is 1.79. The zero-order valence-electron chi connectivity index (χ0n) is 6.95. The van der Waals surface area contributed by atoms with E-state index < -0.39 is 0 Å². The molecule has 0 amide bonds. The SMILES string of the molecule is CC(=O)n1nc(C2CC2)cc1N. The average Bonchev–Trinajstić information content (AvgIpc) is 2.75. The summed E-state index contributed by atoms with van der Waals surface area (Å²) in [6.45, 7) is 1.46. The zero-order chi connectivity index (χ0) is 8.72. The lowest BCUT2D eigenvalue weighted by Crippen LogP contribution is -2.10. The molecule has 12 heavy (non-hydrogen) atoms. The van der Waals surface area contributed by atoms with Gasteiger partial charge in [0.2, 0.25) is 5.91 Å². The van der Waals surface area contributed by atoms with Gasteiger partial charge >= 0.3 is 0 Å². The highest BCUT2D eigenvalue weighted by molar-refractivity contribution is 5.78. The van der Waals surface area contributed by atoms with Crippen LogP contribution in [0, 0.1) is 0 Å². The minimum Gasteiger partial charge on any atom is -0.383 e. The monoisotopic (exact) mass is 165 g/mol. The minimum absolute atomic E-state index is 0.126. The highest BCUT2D eigenvalue weighted by atomic mass is 16.2. The molecule has 64 valence electrons. The Balaban J connectivity index is 2.36. The van der Waals surface area contributed by atoms with Gasteiger partial charge in [0, 0.05) is 18.9 Å². The van der Waals surface area contributed by atoms with E-state index in [2.05, 4.69) is 5.10 Å². The summed E-state index contributed by atoms with van der Waals surface area (Å²) in [7, 11) is 0. The number of nitrogen functional groups attached to an aromatic ring is 1. The van der Waals surface area contributed by atoms with Gasteiger partial charge in [0.15, 0.2) is 0 Å². The summed E-state index contributed by atoms with van der Waals surface area (Å²) in [5.74, 6) is 0.872. The lowest BCUT2D eigenvalue weighted by Gasteiger charge is -1.94. The van der Waals surface area contributed by atoms with Crippen molar-refractivity contribution in [3.05, 3.63) is 11.8 Å². The van der Waals surface area contributed by atoms with Crippen LogP contribution >= 0.6 is 0 Å². The number of nitrogens with zero attached hydrogens (tertiary/aromatic N) is 2. The number of anilines is 1. The highest BCUT2D eigenvalue weighted by Crippen LogP contribution is 2.39. The maximum absolute atomic E-state index is 10.9. The fraction of sp³-hybridized carbons (Fsp3) is 0.500. The molecule has 0 spiro atoms. The van der Waals surface area contributed by atoms with E-state index in [-0.39, 0.29) is 5.91 Å². The third-order valence-corrected chi connectivity index (χ3v) is 2.05. The van der Waals surface area contributed by atoms with Crippen molar-refractivity contribution >= 4 is 11.7 Å². The molecule has 0 saturated heterocycles. The maximum atomic E-state index is 10.9. The third-order valence-electron chi connectivity index (χ3n) is 2.05. The van der Waals surface area contributed by atoms with Crippen molar-refractivity contribution < 1.29 is 4.79 Å². The van der Waals surface area contributed by atoms with Crippen LogP contribution in [0.15, 0.2) is 6.07 Å². The van der Waals surface area contributed by atoms with E-state index in [1.54, 1.807) is 6.07 Å². The number of carbonyl (C=O) groups is 1. The molecule has 1 aliphatic carbocycles. The molecule has 1 aromatic rings. The molecule has 1 heterocycles. The van der Waals surface area contributed by atoms with Crippen molar-refractivity contribution in [2.24, 2.45) is 0 Å². The average molecular weight is 165 g/mol. The van der Waals surface area contributed by atoms with Gasteiger partial charge in [-0.25, -0.2) is 0 Å². The first kappa shape index (κ1) is 7.34. The Bertz CT molecular complexity index is 325. The van der Waals surface area contributed by atoms with Crippen molar-refractivity contribution in [2.45, 2.75) is 25.7 Å². The summed E-state index contributed by atoms with van der Waals surface area (Å²) in [4.78, 5) is 10.9. The fourth-order valence-electron chi connectivity index (χ4n) is 1.25. The summed E-state index contributed by atoms with van der Waals surface area (Å²) < 4.78 is 1.26. The molecule has 2 N–H and O–H groups in total. The van der Waals surface area contributed by atoms with E-state index >= 15 is 0 Å². The van der Waals surface area contributed by atoms with Gasteiger partial charge in [-0.2, -0.15) is 9.78 Å². The summed E-state index contributed by atoms with van der Waals surface area (Å²) >= 11 is 0. The molecule has 1 fully saturated rings. The predicted molar refractivity (Wildman–Crippen MR) is 44.9 cm³/mol. The quantitative estimate of drug-likeness (QED) is 0.675. The predicted octanol–water partition coefficient (Wildman–Crippen LogP) is 1.00. The van der Waals surface area contributed by atoms with Crippen molar-refractivity contribution in [3.8, 4) is 0 Å². The molecule has 0 radical (unpaired) electrons. The summed E-state index contributed by atoms with van der Waals surface area (Å²) in [5, 5.41) is 4.11. The second kappa shape index (κ2) is 2.33. The zero-order valence-corrected chi connectivity index (χ0v) is 6.95. The minimum atomic E-state index is -0.126. The summed E-state index contributed by atoms with van der Waals surface area (Å²) in [6.07, 6.45) is 2.35. The van der Waals surface area contributed by atoms with Crippen LogP contribution in [-0.4, -0.2) is 15.7 Å². The first-order valence-corrected chi connectivity index (χ1v) is 4.05. The van der Waals surface area contributed by atoms with E-state index in [4.69, 9.17) is 5.73 Å². The van der Waals surface area contributed by atoms with E-state index in [0.29, 0.717) is 11.7 Å². The molecule has 0 atom stereocenters. The highest BCUT2D eigenvalue weighted by Gasteiger charge is 2.27. The Kier molecular flexibility index (Phi) is 1.43. The molecular formula is C8H11N3O. The van der Waals surface area contributed by atoms with E-state index in [1.807, 2.05) is 0 Å². The third kappa shape index (κ3) is 1.09. The van der Waals surface area contributed by atoms with Gasteiger partial charge in [0.1, 0.15) is 5.82 Å². The Labute approximate surface area is 70.4 Å². The number of hydrogen-bond acceptors (Lipinski definition) is 3. The van der Waals surface area contributed by atoms with Crippen molar-refractivity contribution in [1.82, 2.24) is 9.78 Å². The van der Waals surface area contributed by atoms with Gasteiger partial charge in [-0.1, -0.05) is 0 Å².